The van der Waals surface area contributed by atoms with Crippen LogP contribution in [0.3, 0.4) is 0 Å². The number of nitrogens with zero attached hydrogens (tertiary/aromatic N) is 3. The minimum Gasteiger partial charge on any atom is -0.346 e. The van der Waals surface area contributed by atoms with Crippen molar-refractivity contribution in [3.05, 3.63) is 75.0 Å². The van der Waals surface area contributed by atoms with Crippen LogP contribution in [0.2, 0.25) is 0 Å². The normalized spacial score (nSPS) is 11.2. The number of amides is 1. The lowest BCUT2D eigenvalue weighted by atomic mass is 10.1. The second-order valence-corrected chi connectivity index (χ2v) is 6.42. The zero-order valence-corrected chi connectivity index (χ0v) is 14.7. The summed E-state index contributed by atoms with van der Waals surface area (Å²) in [6.07, 6.45) is 0. The number of carbonyl (C=O) groups excluding carboxylic acids is 1. The first-order chi connectivity index (χ1) is 12.9. The Bertz CT molecular complexity index is 1260. The first kappa shape index (κ1) is 16.9. The Morgan fingerprint density at radius 2 is 2.00 bits per heavy atom. The van der Waals surface area contributed by atoms with Crippen LogP contribution in [-0.4, -0.2) is 25.7 Å². The third-order valence-corrected chi connectivity index (χ3v) is 4.56. The summed E-state index contributed by atoms with van der Waals surface area (Å²) in [5, 5.41) is 10.5. The number of benzene rings is 2. The lowest BCUT2D eigenvalue weighted by Gasteiger charge is -2.06. The number of hydrogen-bond donors (Lipinski definition) is 2. The SMILES string of the molecule is Cc1ccc(CNC(=O)c2nnn3c2c(=O)[nH]c2cc(F)ccc23)cc1C. The van der Waals surface area contributed by atoms with Crippen molar-refractivity contribution in [2.24, 2.45) is 0 Å². The average Bonchev–Trinajstić information content (AvgIpc) is 3.08. The Balaban J connectivity index is 1.69. The summed E-state index contributed by atoms with van der Waals surface area (Å²) in [5.41, 5.74) is 3.35. The molecule has 2 N–H and O–H groups in total. The predicted octanol–water partition coefficient (Wildman–Crippen LogP) is 2.26. The van der Waals surface area contributed by atoms with Gasteiger partial charge in [0.25, 0.3) is 11.5 Å². The second kappa shape index (κ2) is 6.31. The summed E-state index contributed by atoms with van der Waals surface area (Å²) >= 11 is 0. The third-order valence-electron chi connectivity index (χ3n) is 4.56. The lowest BCUT2D eigenvalue weighted by molar-refractivity contribution is 0.0947. The van der Waals surface area contributed by atoms with Crippen molar-refractivity contribution in [1.29, 1.82) is 0 Å². The van der Waals surface area contributed by atoms with Gasteiger partial charge >= 0.3 is 0 Å². The number of carbonyl (C=O) groups is 1. The van der Waals surface area contributed by atoms with E-state index >= 15 is 0 Å². The minimum atomic E-state index is -0.561. The molecule has 2 aromatic carbocycles. The van der Waals surface area contributed by atoms with Crippen LogP contribution >= 0.6 is 0 Å². The van der Waals surface area contributed by atoms with E-state index in [2.05, 4.69) is 20.6 Å². The summed E-state index contributed by atoms with van der Waals surface area (Å²) in [5.74, 6) is -0.987. The molecule has 0 aliphatic rings. The number of rotatable bonds is 3. The summed E-state index contributed by atoms with van der Waals surface area (Å²) in [6, 6.07) is 9.83. The Hall–Kier alpha value is -3.55. The zero-order valence-electron chi connectivity index (χ0n) is 14.7. The van der Waals surface area contributed by atoms with Gasteiger partial charge in [-0.15, -0.1) is 5.10 Å². The molecule has 27 heavy (non-hydrogen) atoms. The Morgan fingerprint density at radius 1 is 1.19 bits per heavy atom. The highest BCUT2D eigenvalue weighted by molar-refractivity contribution is 5.99. The van der Waals surface area contributed by atoms with E-state index in [9.17, 15) is 14.0 Å². The molecule has 4 rings (SSSR count). The Kier molecular flexibility index (Phi) is 3.95. The molecule has 0 radical (unpaired) electrons. The maximum atomic E-state index is 13.4. The van der Waals surface area contributed by atoms with E-state index in [0.717, 1.165) is 11.1 Å². The molecule has 0 fully saturated rings. The van der Waals surface area contributed by atoms with E-state index in [1.54, 1.807) is 0 Å². The van der Waals surface area contributed by atoms with Crippen LogP contribution in [0.15, 0.2) is 41.2 Å². The molecule has 0 aliphatic carbocycles. The fourth-order valence-electron chi connectivity index (χ4n) is 2.96. The molecular formula is C19H16FN5O2. The van der Waals surface area contributed by atoms with Gasteiger partial charge in [0, 0.05) is 6.54 Å². The first-order valence-corrected chi connectivity index (χ1v) is 8.35. The number of aromatic nitrogens is 4. The molecule has 2 aromatic heterocycles. The van der Waals surface area contributed by atoms with Crippen LogP contribution in [0, 0.1) is 19.7 Å². The quantitative estimate of drug-likeness (QED) is 0.582. The van der Waals surface area contributed by atoms with Gasteiger partial charge in [0.05, 0.1) is 11.0 Å². The molecule has 0 spiro atoms. The predicted molar refractivity (Wildman–Crippen MR) is 98.2 cm³/mol. The molecule has 0 unspecified atom stereocenters. The van der Waals surface area contributed by atoms with Gasteiger partial charge in [0.1, 0.15) is 5.82 Å². The number of aromatic amines is 1. The topological polar surface area (TPSA) is 92.2 Å². The maximum Gasteiger partial charge on any atom is 0.277 e. The maximum absolute atomic E-state index is 13.4. The van der Waals surface area contributed by atoms with Gasteiger partial charge in [0.15, 0.2) is 11.2 Å². The lowest BCUT2D eigenvalue weighted by Crippen LogP contribution is -2.25. The van der Waals surface area contributed by atoms with Crippen LogP contribution < -0.4 is 10.9 Å². The van der Waals surface area contributed by atoms with Crippen molar-refractivity contribution in [3.63, 3.8) is 0 Å². The van der Waals surface area contributed by atoms with E-state index in [-0.39, 0.29) is 16.7 Å². The van der Waals surface area contributed by atoms with Crippen molar-refractivity contribution >= 4 is 22.5 Å². The molecule has 0 saturated carbocycles. The van der Waals surface area contributed by atoms with Gasteiger partial charge in [-0.3, -0.25) is 9.59 Å². The molecule has 0 bridgehead atoms. The molecule has 136 valence electrons. The largest absolute Gasteiger partial charge is 0.346 e. The molecule has 1 amide bonds. The molecule has 0 saturated heterocycles. The smallest absolute Gasteiger partial charge is 0.277 e. The van der Waals surface area contributed by atoms with Crippen molar-refractivity contribution in [2.75, 3.05) is 0 Å². The van der Waals surface area contributed by atoms with Gasteiger partial charge in [0.2, 0.25) is 0 Å². The second-order valence-electron chi connectivity index (χ2n) is 6.42. The van der Waals surface area contributed by atoms with E-state index in [4.69, 9.17) is 0 Å². The van der Waals surface area contributed by atoms with Crippen LogP contribution in [0.25, 0.3) is 16.6 Å². The minimum absolute atomic E-state index is 0.0201. The molecule has 7 nitrogen and oxygen atoms in total. The van der Waals surface area contributed by atoms with Gasteiger partial charge in [-0.2, -0.15) is 0 Å². The zero-order chi connectivity index (χ0) is 19.1. The number of fused-ring (bicyclic) bond motifs is 3. The Labute approximate surface area is 152 Å². The highest BCUT2D eigenvalue weighted by Gasteiger charge is 2.19. The van der Waals surface area contributed by atoms with Crippen LogP contribution in [0.1, 0.15) is 27.2 Å². The number of H-pyrrole nitrogens is 1. The van der Waals surface area contributed by atoms with Crippen molar-refractivity contribution in [1.82, 2.24) is 25.1 Å². The average molecular weight is 365 g/mol. The standard InChI is InChI=1S/C19H16FN5O2/c1-10-3-4-12(7-11(10)2)9-21-18(26)16-17-19(27)22-14-8-13(20)5-6-15(14)25(17)24-23-16/h3-8H,9H2,1-2H3,(H,21,26)(H,22,27). The van der Waals surface area contributed by atoms with E-state index < -0.39 is 17.3 Å². The third kappa shape index (κ3) is 2.95. The first-order valence-electron chi connectivity index (χ1n) is 8.35. The molecular weight excluding hydrogens is 349 g/mol. The molecule has 0 aliphatic heterocycles. The molecule has 8 heteroatoms. The van der Waals surface area contributed by atoms with Gasteiger partial charge in [-0.25, -0.2) is 8.91 Å². The van der Waals surface area contributed by atoms with Gasteiger partial charge in [-0.05, 0) is 48.7 Å². The summed E-state index contributed by atoms with van der Waals surface area (Å²) in [7, 11) is 0. The summed E-state index contributed by atoms with van der Waals surface area (Å²) in [6.45, 7) is 4.32. The van der Waals surface area contributed by atoms with Crippen molar-refractivity contribution in [3.8, 4) is 0 Å². The number of halogens is 1. The fraction of sp³-hybridized carbons (Fsp3) is 0.158. The molecule has 0 atom stereocenters. The molecule has 4 aromatic rings. The highest BCUT2D eigenvalue weighted by atomic mass is 19.1. The van der Waals surface area contributed by atoms with Crippen LogP contribution in [0.4, 0.5) is 4.39 Å². The van der Waals surface area contributed by atoms with Gasteiger partial charge in [-0.1, -0.05) is 23.4 Å². The summed E-state index contributed by atoms with van der Waals surface area (Å²) < 4.78 is 14.6. The summed E-state index contributed by atoms with van der Waals surface area (Å²) in [4.78, 5) is 27.5. The monoisotopic (exact) mass is 365 g/mol. The van der Waals surface area contributed by atoms with E-state index in [0.29, 0.717) is 12.1 Å². The van der Waals surface area contributed by atoms with Crippen LogP contribution in [0.5, 0.6) is 0 Å². The van der Waals surface area contributed by atoms with Gasteiger partial charge < -0.3 is 10.3 Å². The number of nitrogens with one attached hydrogen (secondary N) is 2. The molecule has 2 heterocycles. The van der Waals surface area contributed by atoms with E-state index in [1.165, 1.54) is 28.3 Å². The van der Waals surface area contributed by atoms with Crippen molar-refractivity contribution < 1.29 is 9.18 Å². The number of aryl methyl sites for hydroxylation is 2. The van der Waals surface area contributed by atoms with Crippen LogP contribution in [-0.2, 0) is 6.54 Å². The highest BCUT2D eigenvalue weighted by Crippen LogP contribution is 2.15. The van der Waals surface area contributed by atoms with E-state index in [1.807, 2.05) is 32.0 Å². The fourth-order valence-corrected chi connectivity index (χ4v) is 2.96. The number of hydrogen-bond acceptors (Lipinski definition) is 4. The Morgan fingerprint density at radius 3 is 2.78 bits per heavy atom. The van der Waals surface area contributed by atoms with Crippen molar-refractivity contribution in [2.45, 2.75) is 20.4 Å².